The van der Waals surface area contributed by atoms with Gasteiger partial charge in [-0.05, 0) is 47.9 Å². The Labute approximate surface area is 133 Å². The second kappa shape index (κ2) is 7.45. The average Bonchev–Trinajstić information content (AvgIpc) is 2.54. The predicted molar refractivity (Wildman–Crippen MR) is 87.5 cm³/mol. The van der Waals surface area contributed by atoms with E-state index in [2.05, 4.69) is 21.4 Å². The minimum absolute atomic E-state index is 0.0106. The number of nitrogens with two attached hydrogens (primary N) is 1. The van der Waals surface area contributed by atoms with Crippen LogP contribution in [0.25, 0.3) is 0 Å². The number of methoxy groups -OCH3 is 2. The van der Waals surface area contributed by atoms with Crippen molar-refractivity contribution < 1.29 is 9.47 Å². The van der Waals surface area contributed by atoms with Crippen molar-refractivity contribution in [3.63, 3.8) is 0 Å². The number of hydrogen-bond acceptors (Lipinski definition) is 4. The van der Waals surface area contributed by atoms with Gasteiger partial charge in [0.25, 0.3) is 0 Å². The van der Waals surface area contributed by atoms with Gasteiger partial charge in [0.15, 0.2) is 0 Å². The van der Waals surface area contributed by atoms with E-state index in [0.717, 1.165) is 33.5 Å². The minimum atomic E-state index is -0.0106. The summed E-state index contributed by atoms with van der Waals surface area (Å²) in [5.74, 6) is 7.37. The molecule has 0 aromatic heterocycles. The number of benzene rings is 2. The van der Waals surface area contributed by atoms with Crippen LogP contribution in [0.15, 0.2) is 46.9 Å². The van der Waals surface area contributed by atoms with E-state index in [1.165, 1.54) is 0 Å². The van der Waals surface area contributed by atoms with Gasteiger partial charge >= 0.3 is 0 Å². The molecule has 21 heavy (non-hydrogen) atoms. The van der Waals surface area contributed by atoms with Gasteiger partial charge in [-0.2, -0.15) is 0 Å². The first kappa shape index (κ1) is 15.8. The van der Waals surface area contributed by atoms with Gasteiger partial charge in [0.1, 0.15) is 11.5 Å². The van der Waals surface area contributed by atoms with Crippen LogP contribution in [0.2, 0.25) is 0 Å². The van der Waals surface area contributed by atoms with Crippen molar-refractivity contribution in [2.75, 3.05) is 14.2 Å². The molecule has 0 saturated heterocycles. The van der Waals surface area contributed by atoms with Crippen molar-refractivity contribution in [3.05, 3.63) is 58.1 Å². The first-order chi connectivity index (χ1) is 10.2. The van der Waals surface area contributed by atoms with E-state index >= 15 is 0 Å². The molecule has 0 aliphatic carbocycles. The molecule has 0 aliphatic rings. The molecule has 0 heterocycles. The van der Waals surface area contributed by atoms with Gasteiger partial charge in [0.2, 0.25) is 0 Å². The number of rotatable bonds is 6. The van der Waals surface area contributed by atoms with Gasteiger partial charge in [-0.25, -0.2) is 0 Å². The zero-order chi connectivity index (χ0) is 15.2. The summed E-state index contributed by atoms with van der Waals surface area (Å²) in [6.07, 6.45) is 0.738. The van der Waals surface area contributed by atoms with Crippen molar-refractivity contribution in [2.24, 2.45) is 5.84 Å². The Morgan fingerprint density at radius 2 is 1.81 bits per heavy atom. The van der Waals surface area contributed by atoms with Gasteiger partial charge in [-0.3, -0.25) is 11.3 Å². The van der Waals surface area contributed by atoms with E-state index in [-0.39, 0.29) is 6.04 Å². The van der Waals surface area contributed by atoms with Crippen molar-refractivity contribution in [3.8, 4) is 11.5 Å². The highest BCUT2D eigenvalue weighted by molar-refractivity contribution is 9.10. The smallest absolute Gasteiger partial charge is 0.119 e. The zero-order valence-corrected chi connectivity index (χ0v) is 13.7. The highest BCUT2D eigenvalue weighted by Gasteiger charge is 2.14. The van der Waals surface area contributed by atoms with Gasteiger partial charge in [-0.1, -0.05) is 28.1 Å². The van der Waals surface area contributed by atoms with Gasteiger partial charge in [0, 0.05) is 4.47 Å². The molecule has 0 spiro atoms. The third-order valence-electron chi connectivity index (χ3n) is 3.37. The fourth-order valence-electron chi connectivity index (χ4n) is 2.19. The van der Waals surface area contributed by atoms with Gasteiger partial charge in [-0.15, -0.1) is 0 Å². The molecule has 5 heteroatoms. The van der Waals surface area contributed by atoms with Crippen LogP contribution in [-0.4, -0.2) is 14.2 Å². The summed E-state index contributed by atoms with van der Waals surface area (Å²) in [7, 11) is 3.32. The summed E-state index contributed by atoms with van der Waals surface area (Å²) in [6.45, 7) is 0. The number of hydrazine groups is 1. The standard InChI is InChI=1S/C16H19BrN2O2/c1-20-13-5-3-4-11(8-13)16(19-18)10-12-9-14(21-2)6-7-15(12)17/h3-9,16,19H,10,18H2,1-2H3. The summed E-state index contributed by atoms with van der Waals surface area (Å²) >= 11 is 3.57. The first-order valence-corrected chi connectivity index (χ1v) is 7.39. The second-order valence-corrected chi connectivity index (χ2v) is 5.51. The molecule has 0 saturated carbocycles. The molecule has 112 valence electrons. The van der Waals surface area contributed by atoms with Crippen LogP contribution in [-0.2, 0) is 6.42 Å². The lowest BCUT2D eigenvalue weighted by molar-refractivity contribution is 0.412. The van der Waals surface area contributed by atoms with Crippen molar-refractivity contribution >= 4 is 15.9 Å². The molecule has 2 aromatic carbocycles. The Balaban J connectivity index is 2.26. The third kappa shape index (κ3) is 3.97. The molecule has 0 amide bonds. The lowest BCUT2D eigenvalue weighted by Crippen LogP contribution is -2.29. The highest BCUT2D eigenvalue weighted by Crippen LogP contribution is 2.28. The molecule has 0 bridgehead atoms. The molecule has 0 aliphatic heterocycles. The molecular formula is C16H19BrN2O2. The van der Waals surface area contributed by atoms with E-state index < -0.39 is 0 Å². The van der Waals surface area contributed by atoms with Crippen LogP contribution in [0, 0.1) is 0 Å². The molecule has 2 aromatic rings. The van der Waals surface area contributed by atoms with E-state index in [1.54, 1.807) is 14.2 Å². The first-order valence-electron chi connectivity index (χ1n) is 6.60. The van der Waals surface area contributed by atoms with Gasteiger partial charge < -0.3 is 9.47 Å². The molecule has 1 unspecified atom stereocenters. The largest absolute Gasteiger partial charge is 0.497 e. The summed E-state index contributed by atoms with van der Waals surface area (Å²) < 4.78 is 11.6. The van der Waals surface area contributed by atoms with E-state index in [4.69, 9.17) is 15.3 Å². The molecule has 4 nitrogen and oxygen atoms in total. The Bertz CT molecular complexity index is 605. The lowest BCUT2D eigenvalue weighted by Gasteiger charge is -2.18. The van der Waals surface area contributed by atoms with Crippen LogP contribution < -0.4 is 20.7 Å². The summed E-state index contributed by atoms with van der Waals surface area (Å²) in [5.41, 5.74) is 5.07. The molecule has 0 fully saturated rings. The normalized spacial score (nSPS) is 12.0. The Hall–Kier alpha value is -1.56. The van der Waals surface area contributed by atoms with Crippen LogP contribution in [0.5, 0.6) is 11.5 Å². The highest BCUT2D eigenvalue weighted by atomic mass is 79.9. The van der Waals surface area contributed by atoms with Crippen molar-refractivity contribution in [2.45, 2.75) is 12.5 Å². The maximum Gasteiger partial charge on any atom is 0.119 e. The molecule has 2 rings (SSSR count). The topological polar surface area (TPSA) is 56.5 Å². The van der Waals surface area contributed by atoms with Crippen LogP contribution >= 0.6 is 15.9 Å². The fraction of sp³-hybridized carbons (Fsp3) is 0.250. The zero-order valence-electron chi connectivity index (χ0n) is 12.1. The quantitative estimate of drug-likeness (QED) is 0.620. The molecule has 0 radical (unpaired) electrons. The minimum Gasteiger partial charge on any atom is -0.497 e. The predicted octanol–water partition coefficient (Wildman–Crippen LogP) is 3.21. The molecule has 3 N–H and O–H groups in total. The van der Waals surface area contributed by atoms with Crippen molar-refractivity contribution in [1.82, 2.24) is 5.43 Å². The maximum atomic E-state index is 5.73. The maximum absolute atomic E-state index is 5.73. The Kier molecular flexibility index (Phi) is 5.61. The Morgan fingerprint density at radius 3 is 2.48 bits per heavy atom. The van der Waals surface area contributed by atoms with E-state index in [1.807, 2.05) is 42.5 Å². The monoisotopic (exact) mass is 350 g/mol. The second-order valence-electron chi connectivity index (χ2n) is 4.66. The number of ether oxygens (including phenoxy) is 2. The van der Waals surface area contributed by atoms with Crippen LogP contribution in [0.3, 0.4) is 0 Å². The summed E-state index contributed by atoms with van der Waals surface area (Å²) in [6, 6.07) is 13.8. The molecule has 1 atom stereocenters. The Morgan fingerprint density at radius 1 is 1.10 bits per heavy atom. The third-order valence-corrected chi connectivity index (χ3v) is 4.15. The van der Waals surface area contributed by atoms with Crippen LogP contribution in [0.1, 0.15) is 17.2 Å². The summed E-state index contributed by atoms with van der Waals surface area (Å²) in [5, 5.41) is 0. The molecular weight excluding hydrogens is 332 g/mol. The average molecular weight is 351 g/mol. The van der Waals surface area contributed by atoms with Gasteiger partial charge in [0.05, 0.1) is 20.3 Å². The lowest BCUT2D eigenvalue weighted by atomic mass is 9.99. The fourth-order valence-corrected chi connectivity index (χ4v) is 2.59. The number of hydrogen-bond donors (Lipinski definition) is 2. The SMILES string of the molecule is COc1cccc(C(Cc2cc(OC)ccc2Br)NN)c1. The summed E-state index contributed by atoms with van der Waals surface area (Å²) in [4.78, 5) is 0. The van der Waals surface area contributed by atoms with Crippen LogP contribution in [0.4, 0.5) is 0 Å². The van der Waals surface area contributed by atoms with E-state index in [0.29, 0.717) is 0 Å². The number of halogens is 1. The van der Waals surface area contributed by atoms with E-state index in [9.17, 15) is 0 Å². The number of nitrogens with one attached hydrogen (secondary N) is 1. The van der Waals surface area contributed by atoms with Crippen molar-refractivity contribution in [1.29, 1.82) is 0 Å².